The van der Waals surface area contributed by atoms with Crippen LogP contribution in [0.1, 0.15) is 5.82 Å². The minimum atomic E-state index is -5.09. The lowest BCUT2D eigenvalue weighted by molar-refractivity contribution is -0.275. The van der Waals surface area contributed by atoms with Crippen LogP contribution in [0.15, 0.2) is 41.2 Å². The molecule has 15 heteroatoms. The van der Waals surface area contributed by atoms with Gasteiger partial charge in [0.05, 0.1) is 13.3 Å². The van der Waals surface area contributed by atoms with Gasteiger partial charge in [0.1, 0.15) is 22.3 Å². The summed E-state index contributed by atoms with van der Waals surface area (Å²) in [7, 11) is -3.27. The number of para-hydroxylation sites is 1. The third-order valence-electron chi connectivity index (χ3n) is 3.40. The lowest BCUT2D eigenvalue weighted by Crippen LogP contribution is -2.46. The summed E-state index contributed by atoms with van der Waals surface area (Å²) in [5, 5.41) is 1.04. The molecule has 0 spiro atoms. The maximum atomic E-state index is 12.9. The topological polar surface area (TPSA) is 136 Å². The molecule has 2 aromatic rings. The number of methoxy groups -OCH3 is 1. The van der Waals surface area contributed by atoms with Crippen molar-refractivity contribution in [2.24, 2.45) is 5.73 Å². The molecule has 0 amide bonds. The largest absolute Gasteiger partial charge is 0.573 e. The Hall–Kier alpha value is -3.33. The number of halogens is 3. The fraction of sp³-hybridized carbons (Fsp3) is 0.214. The van der Waals surface area contributed by atoms with Gasteiger partial charge < -0.3 is 15.2 Å². The van der Waals surface area contributed by atoms with Gasteiger partial charge >= 0.3 is 12.4 Å². The first-order valence-corrected chi connectivity index (χ1v) is 9.15. The second-order valence-electron chi connectivity index (χ2n) is 5.46. The zero-order valence-corrected chi connectivity index (χ0v) is 15.7. The maximum Gasteiger partial charge on any atom is 0.573 e. The zero-order valence-electron chi connectivity index (χ0n) is 14.9. The lowest BCUT2D eigenvalue weighted by Gasteiger charge is -2.23. The average molecular weight is 433 g/mol. The second-order valence-corrected chi connectivity index (χ2v) is 7.21. The highest BCUT2D eigenvalue weighted by Gasteiger charge is 2.38. The number of nitrogens with one attached hydrogen (secondary N) is 1. The number of nitrogens with zero attached hydrogens (tertiary/aromatic N) is 5. The Labute approximate surface area is 162 Å². The van der Waals surface area contributed by atoms with Gasteiger partial charge in [-0.2, -0.15) is 27.8 Å². The van der Waals surface area contributed by atoms with Gasteiger partial charge in [-0.1, -0.05) is 12.1 Å². The summed E-state index contributed by atoms with van der Waals surface area (Å²) in [5.41, 5.74) is 8.13. The van der Waals surface area contributed by atoms with E-state index in [-0.39, 0.29) is 23.6 Å². The van der Waals surface area contributed by atoms with Gasteiger partial charge in [0.2, 0.25) is 0 Å². The van der Waals surface area contributed by atoms with Crippen molar-refractivity contribution in [2.75, 3.05) is 12.1 Å². The predicted octanol–water partition coefficient (Wildman–Crippen LogP) is 0.775. The van der Waals surface area contributed by atoms with Gasteiger partial charge in [-0.15, -0.1) is 18.7 Å². The van der Waals surface area contributed by atoms with E-state index in [9.17, 15) is 21.6 Å². The number of sulfonamides is 1. The van der Waals surface area contributed by atoms with E-state index in [1.54, 1.807) is 6.92 Å². The molecule has 0 fully saturated rings. The standard InChI is InChI=1S/C14H14F3N7O4S/c1-8-19-12(21-13(20-8)27-2)23-7-11(18)24(22-23)29(25,26)10-6-4-3-5-9(10)28-14(15,16)17/h3-7,22H,18H2,1-2H3. The van der Waals surface area contributed by atoms with Gasteiger partial charge in [-0.05, 0) is 19.1 Å². The molecule has 0 unspecified atom stereocenters. The van der Waals surface area contributed by atoms with Crippen LogP contribution in [-0.2, 0) is 10.0 Å². The number of hydrazine groups is 2. The molecule has 11 nitrogen and oxygen atoms in total. The predicted molar refractivity (Wildman–Crippen MR) is 91.2 cm³/mol. The highest BCUT2D eigenvalue weighted by atomic mass is 32.2. The normalized spacial score (nSPS) is 14.7. The Kier molecular flexibility index (Phi) is 5.10. The van der Waals surface area contributed by atoms with Gasteiger partial charge in [-0.25, -0.2) is 5.01 Å². The summed E-state index contributed by atoms with van der Waals surface area (Å²) in [6, 6.07) is 4.22. The van der Waals surface area contributed by atoms with Gasteiger partial charge in [0.15, 0.2) is 0 Å². The third-order valence-corrected chi connectivity index (χ3v) is 5.07. The van der Waals surface area contributed by atoms with Crippen molar-refractivity contribution in [2.45, 2.75) is 18.2 Å². The summed E-state index contributed by atoms with van der Waals surface area (Å²) in [4.78, 5) is 11.1. The molecule has 2 heterocycles. The molecule has 29 heavy (non-hydrogen) atoms. The van der Waals surface area contributed by atoms with Crippen LogP contribution in [0.3, 0.4) is 0 Å². The summed E-state index contributed by atoms with van der Waals surface area (Å²) in [5.74, 6) is -1.06. The fourth-order valence-corrected chi connectivity index (χ4v) is 3.61. The van der Waals surface area contributed by atoms with E-state index < -0.39 is 27.0 Å². The van der Waals surface area contributed by atoms with E-state index in [1.807, 2.05) is 0 Å². The van der Waals surface area contributed by atoms with Gasteiger partial charge in [0.25, 0.3) is 16.0 Å². The number of rotatable bonds is 5. The fourth-order valence-electron chi connectivity index (χ4n) is 2.28. The highest BCUT2D eigenvalue weighted by Crippen LogP contribution is 2.32. The van der Waals surface area contributed by atoms with Crippen LogP contribution in [0.2, 0.25) is 0 Å². The maximum absolute atomic E-state index is 12.9. The summed E-state index contributed by atoms with van der Waals surface area (Å²) in [6.07, 6.45) is -3.96. The van der Waals surface area contributed by atoms with Crippen LogP contribution in [0.25, 0.3) is 0 Å². The molecule has 3 rings (SSSR count). The molecule has 1 aliphatic rings. The van der Waals surface area contributed by atoms with E-state index in [2.05, 4.69) is 25.2 Å². The summed E-state index contributed by atoms with van der Waals surface area (Å²) < 4.78 is 72.9. The molecule has 0 saturated heterocycles. The van der Waals surface area contributed by atoms with Crippen molar-refractivity contribution in [1.29, 1.82) is 0 Å². The van der Waals surface area contributed by atoms with Crippen molar-refractivity contribution in [3.8, 4) is 11.8 Å². The first-order valence-electron chi connectivity index (χ1n) is 7.71. The van der Waals surface area contributed by atoms with Crippen LogP contribution >= 0.6 is 0 Å². The van der Waals surface area contributed by atoms with E-state index >= 15 is 0 Å². The molecule has 0 aliphatic carbocycles. The van der Waals surface area contributed by atoms with Gasteiger partial charge in [0, 0.05) is 0 Å². The van der Waals surface area contributed by atoms with Crippen LogP contribution in [0.5, 0.6) is 11.8 Å². The quantitative estimate of drug-likeness (QED) is 0.696. The number of nitrogens with two attached hydrogens (primary N) is 1. The van der Waals surface area contributed by atoms with Crippen molar-refractivity contribution in [3.05, 3.63) is 42.1 Å². The van der Waals surface area contributed by atoms with Crippen molar-refractivity contribution >= 4 is 16.0 Å². The zero-order chi connectivity index (χ0) is 21.4. The van der Waals surface area contributed by atoms with Crippen molar-refractivity contribution < 1.29 is 31.1 Å². The monoisotopic (exact) mass is 433 g/mol. The van der Waals surface area contributed by atoms with E-state index in [0.717, 1.165) is 23.3 Å². The summed E-state index contributed by atoms with van der Waals surface area (Å²) >= 11 is 0. The minimum Gasteiger partial charge on any atom is -0.467 e. The third kappa shape index (κ3) is 4.24. The lowest BCUT2D eigenvalue weighted by atomic mass is 10.3. The number of ether oxygens (including phenoxy) is 2. The SMILES string of the molecule is COc1nc(C)nc(N2C=C(N)N(S(=O)(=O)c3ccccc3OC(F)(F)F)N2)n1. The molecule has 1 aromatic heterocycles. The Morgan fingerprint density at radius 1 is 1.17 bits per heavy atom. The molecule has 0 atom stereocenters. The Morgan fingerprint density at radius 3 is 2.52 bits per heavy atom. The molecule has 0 bridgehead atoms. The summed E-state index contributed by atoms with van der Waals surface area (Å²) in [6.45, 7) is 1.55. The minimum absolute atomic E-state index is 0.0356. The van der Waals surface area contributed by atoms with Crippen molar-refractivity contribution in [3.63, 3.8) is 0 Å². The number of aromatic nitrogens is 3. The molecule has 0 radical (unpaired) electrons. The number of alkyl halides is 3. The van der Waals surface area contributed by atoms with E-state index in [1.165, 1.54) is 19.2 Å². The highest BCUT2D eigenvalue weighted by molar-refractivity contribution is 7.89. The second kappa shape index (κ2) is 7.25. The van der Waals surface area contributed by atoms with Gasteiger partial charge in [-0.3, -0.25) is 0 Å². The number of anilines is 1. The average Bonchev–Trinajstić information content (AvgIpc) is 3.03. The van der Waals surface area contributed by atoms with Crippen LogP contribution in [0.4, 0.5) is 19.1 Å². The number of hydrogen-bond donors (Lipinski definition) is 2. The first kappa shape index (κ1) is 20.4. The van der Waals surface area contributed by atoms with Crippen LogP contribution in [0, 0.1) is 6.92 Å². The molecule has 1 aliphatic heterocycles. The van der Waals surface area contributed by atoms with Crippen LogP contribution in [-0.4, -0.2) is 41.3 Å². The van der Waals surface area contributed by atoms with Crippen molar-refractivity contribution in [1.82, 2.24) is 24.9 Å². The number of aryl methyl sites for hydroxylation is 1. The molecule has 1 aromatic carbocycles. The molecule has 3 N–H and O–H groups in total. The Morgan fingerprint density at radius 2 is 1.86 bits per heavy atom. The Balaban J connectivity index is 1.95. The Bertz CT molecular complexity index is 1060. The van der Waals surface area contributed by atoms with E-state index in [0.29, 0.717) is 4.41 Å². The molecule has 156 valence electrons. The first-order chi connectivity index (χ1) is 13.5. The van der Waals surface area contributed by atoms with Crippen LogP contribution < -0.4 is 25.8 Å². The molecular weight excluding hydrogens is 419 g/mol. The van der Waals surface area contributed by atoms with E-state index in [4.69, 9.17) is 10.5 Å². The number of hydrogen-bond acceptors (Lipinski definition) is 10. The molecular formula is C14H14F3N7O4S. The number of benzene rings is 1. The smallest absolute Gasteiger partial charge is 0.467 e. The molecule has 0 saturated carbocycles.